The summed E-state index contributed by atoms with van der Waals surface area (Å²) in [5.41, 5.74) is 1.19. The summed E-state index contributed by atoms with van der Waals surface area (Å²) in [6.45, 7) is 6.98. The minimum Gasteiger partial charge on any atom is -0.339 e. The zero-order valence-electron chi connectivity index (χ0n) is 15.1. The van der Waals surface area contributed by atoms with E-state index in [2.05, 4.69) is 35.4 Å². The molecule has 2 aliphatic rings. The Labute approximate surface area is 151 Å². The number of aryl methyl sites for hydroxylation is 1. The van der Waals surface area contributed by atoms with E-state index in [1.54, 1.807) is 0 Å². The summed E-state index contributed by atoms with van der Waals surface area (Å²) < 4.78 is 1.83. The number of hydrogen-bond donors (Lipinski definition) is 1. The van der Waals surface area contributed by atoms with Crippen molar-refractivity contribution in [1.29, 1.82) is 0 Å². The van der Waals surface area contributed by atoms with Crippen LogP contribution in [0.3, 0.4) is 0 Å². The molecular formula is C18H31ClN4O. The lowest BCUT2D eigenvalue weighted by Gasteiger charge is -2.34. The minimum atomic E-state index is 0. The lowest BCUT2D eigenvalue weighted by molar-refractivity contribution is -0.138. The quantitative estimate of drug-likeness (QED) is 0.884. The molecular weight excluding hydrogens is 324 g/mol. The van der Waals surface area contributed by atoms with Gasteiger partial charge in [-0.2, -0.15) is 5.10 Å². The molecule has 1 aliphatic carbocycles. The number of aromatic nitrogens is 2. The average molecular weight is 355 g/mol. The Morgan fingerprint density at radius 2 is 2.08 bits per heavy atom. The lowest BCUT2D eigenvalue weighted by atomic mass is 9.89. The second kappa shape index (κ2) is 8.34. The van der Waals surface area contributed by atoms with Gasteiger partial charge in [0.1, 0.15) is 0 Å². The Morgan fingerprint density at radius 1 is 1.38 bits per heavy atom. The van der Waals surface area contributed by atoms with Crippen LogP contribution >= 0.6 is 12.4 Å². The first kappa shape index (κ1) is 19.3. The second-order valence-corrected chi connectivity index (χ2v) is 7.64. The molecule has 1 aromatic heterocycles. The number of nitrogens with zero attached hydrogens (tertiary/aromatic N) is 3. The molecule has 5 nitrogen and oxygen atoms in total. The molecule has 1 aliphatic heterocycles. The number of carbonyl (C=O) groups is 1. The third kappa shape index (κ3) is 4.12. The van der Waals surface area contributed by atoms with E-state index in [0.29, 0.717) is 17.9 Å². The van der Waals surface area contributed by atoms with E-state index in [4.69, 9.17) is 0 Å². The van der Waals surface area contributed by atoms with Crippen molar-refractivity contribution in [1.82, 2.24) is 20.0 Å². The third-order valence-electron chi connectivity index (χ3n) is 5.29. The SMILES string of the molecule is CC(C)CN(C(=O)[C@H]1CNC[C@@H]1c1cnn(C)c1)C1CCCC1.Cl. The van der Waals surface area contributed by atoms with Gasteiger partial charge in [-0.3, -0.25) is 9.48 Å². The average Bonchev–Trinajstić information content (AvgIpc) is 3.24. The van der Waals surface area contributed by atoms with Gasteiger partial charge in [-0.05, 0) is 24.3 Å². The maximum absolute atomic E-state index is 13.3. The molecule has 0 spiro atoms. The van der Waals surface area contributed by atoms with Crippen LogP contribution in [0.4, 0.5) is 0 Å². The maximum atomic E-state index is 13.3. The molecule has 0 unspecified atom stereocenters. The van der Waals surface area contributed by atoms with Crippen molar-refractivity contribution in [2.75, 3.05) is 19.6 Å². The van der Waals surface area contributed by atoms with Gasteiger partial charge in [-0.1, -0.05) is 26.7 Å². The van der Waals surface area contributed by atoms with Gasteiger partial charge in [0.2, 0.25) is 5.91 Å². The highest BCUT2D eigenvalue weighted by atomic mass is 35.5. The number of nitrogens with one attached hydrogen (secondary N) is 1. The van der Waals surface area contributed by atoms with Gasteiger partial charge in [-0.15, -0.1) is 12.4 Å². The van der Waals surface area contributed by atoms with E-state index >= 15 is 0 Å². The maximum Gasteiger partial charge on any atom is 0.227 e. The molecule has 1 saturated heterocycles. The van der Waals surface area contributed by atoms with Crippen LogP contribution in [0.25, 0.3) is 0 Å². The molecule has 1 N–H and O–H groups in total. The number of carbonyl (C=O) groups excluding carboxylic acids is 1. The smallest absolute Gasteiger partial charge is 0.227 e. The molecule has 2 heterocycles. The van der Waals surface area contributed by atoms with Crippen LogP contribution in [0.5, 0.6) is 0 Å². The Hall–Kier alpha value is -1.07. The zero-order chi connectivity index (χ0) is 16.4. The van der Waals surface area contributed by atoms with Crippen LogP contribution in [0.2, 0.25) is 0 Å². The van der Waals surface area contributed by atoms with Gasteiger partial charge >= 0.3 is 0 Å². The van der Waals surface area contributed by atoms with E-state index in [-0.39, 0.29) is 24.2 Å². The van der Waals surface area contributed by atoms with E-state index in [9.17, 15) is 4.79 Å². The topological polar surface area (TPSA) is 50.2 Å². The first-order chi connectivity index (χ1) is 11.1. The Morgan fingerprint density at radius 3 is 2.67 bits per heavy atom. The molecule has 0 aromatic carbocycles. The fourth-order valence-corrected chi connectivity index (χ4v) is 4.16. The molecule has 0 bridgehead atoms. The predicted molar refractivity (Wildman–Crippen MR) is 98.4 cm³/mol. The molecule has 1 amide bonds. The fourth-order valence-electron chi connectivity index (χ4n) is 4.16. The summed E-state index contributed by atoms with van der Waals surface area (Å²) in [6, 6.07) is 0.458. The van der Waals surface area contributed by atoms with Crippen LogP contribution in [-0.4, -0.2) is 46.3 Å². The van der Waals surface area contributed by atoms with Gasteiger partial charge in [0, 0.05) is 44.8 Å². The van der Waals surface area contributed by atoms with Crippen LogP contribution in [-0.2, 0) is 11.8 Å². The second-order valence-electron chi connectivity index (χ2n) is 7.64. The number of rotatable bonds is 5. The fraction of sp³-hybridized carbons (Fsp3) is 0.778. The van der Waals surface area contributed by atoms with Crippen molar-refractivity contribution in [3.63, 3.8) is 0 Å². The number of hydrogen-bond acceptors (Lipinski definition) is 3. The van der Waals surface area contributed by atoms with Gasteiger partial charge in [0.05, 0.1) is 12.1 Å². The highest BCUT2D eigenvalue weighted by Gasteiger charge is 2.39. The predicted octanol–water partition coefficient (Wildman–Crippen LogP) is 2.57. The summed E-state index contributed by atoms with van der Waals surface area (Å²) in [5.74, 6) is 1.18. The van der Waals surface area contributed by atoms with E-state index in [1.165, 1.54) is 31.2 Å². The molecule has 6 heteroatoms. The van der Waals surface area contributed by atoms with E-state index in [1.807, 2.05) is 17.9 Å². The summed E-state index contributed by atoms with van der Waals surface area (Å²) in [5, 5.41) is 7.71. The normalized spacial score (nSPS) is 24.3. The highest BCUT2D eigenvalue weighted by Crippen LogP contribution is 2.32. The molecule has 0 radical (unpaired) electrons. The van der Waals surface area contributed by atoms with Crippen LogP contribution < -0.4 is 5.32 Å². The molecule has 1 saturated carbocycles. The molecule has 2 atom stereocenters. The Bertz CT molecular complexity index is 539. The van der Waals surface area contributed by atoms with E-state index < -0.39 is 0 Å². The van der Waals surface area contributed by atoms with Crippen molar-refractivity contribution in [2.45, 2.75) is 51.5 Å². The monoisotopic (exact) mass is 354 g/mol. The van der Waals surface area contributed by atoms with Crippen molar-refractivity contribution >= 4 is 18.3 Å². The zero-order valence-corrected chi connectivity index (χ0v) is 15.9. The van der Waals surface area contributed by atoms with Gasteiger partial charge in [0.15, 0.2) is 0 Å². The van der Waals surface area contributed by atoms with Crippen molar-refractivity contribution in [3.8, 4) is 0 Å². The van der Waals surface area contributed by atoms with Crippen molar-refractivity contribution in [2.24, 2.45) is 18.9 Å². The number of amides is 1. The molecule has 3 rings (SSSR count). The largest absolute Gasteiger partial charge is 0.339 e. The number of halogens is 1. The molecule has 136 valence electrons. The summed E-state index contributed by atoms with van der Waals surface area (Å²) in [7, 11) is 1.94. The van der Waals surface area contributed by atoms with Crippen LogP contribution in [0, 0.1) is 11.8 Å². The first-order valence-corrected chi connectivity index (χ1v) is 9.06. The van der Waals surface area contributed by atoms with Gasteiger partial charge < -0.3 is 10.2 Å². The minimum absolute atomic E-state index is 0. The van der Waals surface area contributed by atoms with Gasteiger partial charge in [0.25, 0.3) is 0 Å². The lowest BCUT2D eigenvalue weighted by Crippen LogP contribution is -2.45. The van der Waals surface area contributed by atoms with Crippen LogP contribution in [0.1, 0.15) is 51.0 Å². The standard InChI is InChI=1S/C18H30N4O.ClH/c1-13(2)11-22(15-6-4-5-7-15)18(23)17-10-19-9-16(17)14-8-20-21(3)12-14;/h8,12-13,15-17,19H,4-7,9-11H2,1-3H3;1H/t16-,17+;/m1./s1. The Kier molecular flexibility index (Phi) is 6.70. The van der Waals surface area contributed by atoms with Crippen molar-refractivity contribution < 1.29 is 4.79 Å². The molecule has 24 heavy (non-hydrogen) atoms. The van der Waals surface area contributed by atoms with E-state index in [0.717, 1.165) is 19.6 Å². The molecule has 2 fully saturated rings. The third-order valence-corrected chi connectivity index (χ3v) is 5.29. The van der Waals surface area contributed by atoms with Crippen molar-refractivity contribution in [3.05, 3.63) is 18.0 Å². The highest BCUT2D eigenvalue weighted by molar-refractivity contribution is 5.85. The molecule has 1 aromatic rings. The summed E-state index contributed by atoms with van der Waals surface area (Å²) in [6.07, 6.45) is 8.86. The first-order valence-electron chi connectivity index (χ1n) is 9.06. The van der Waals surface area contributed by atoms with Gasteiger partial charge in [-0.25, -0.2) is 0 Å². The van der Waals surface area contributed by atoms with Crippen LogP contribution in [0.15, 0.2) is 12.4 Å². The summed E-state index contributed by atoms with van der Waals surface area (Å²) >= 11 is 0. The Balaban J connectivity index is 0.00000208. The summed E-state index contributed by atoms with van der Waals surface area (Å²) in [4.78, 5) is 15.5.